The van der Waals surface area contributed by atoms with E-state index < -0.39 is 11.9 Å². The highest BCUT2D eigenvalue weighted by Gasteiger charge is 2.13. The van der Waals surface area contributed by atoms with Crippen molar-refractivity contribution < 1.29 is 9.50 Å². The highest BCUT2D eigenvalue weighted by molar-refractivity contribution is 5.42. The average molecular weight is 209 g/mol. The molecule has 0 aliphatic rings. The lowest BCUT2D eigenvalue weighted by Crippen LogP contribution is -2.08. The second-order valence-corrected chi connectivity index (χ2v) is 3.33. The smallest absolute Gasteiger partial charge is 0.173 e. The van der Waals surface area contributed by atoms with E-state index >= 15 is 0 Å². The van der Waals surface area contributed by atoms with Crippen molar-refractivity contribution in [3.05, 3.63) is 36.0 Å². The van der Waals surface area contributed by atoms with Crippen molar-refractivity contribution in [3.63, 3.8) is 0 Å². The minimum atomic E-state index is -0.702. The Balaban J connectivity index is 2.49. The summed E-state index contributed by atoms with van der Waals surface area (Å²) in [4.78, 5) is 3.91. The fourth-order valence-corrected chi connectivity index (χ4v) is 1.55. The minimum absolute atomic E-state index is 0.226. The van der Waals surface area contributed by atoms with Crippen molar-refractivity contribution >= 4 is 5.65 Å². The van der Waals surface area contributed by atoms with Crippen LogP contribution in [0.5, 0.6) is 0 Å². The Labute approximate surface area is 86.2 Å². The van der Waals surface area contributed by atoms with Gasteiger partial charge in [0.15, 0.2) is 11.5 Å². The van der Waals surface area contributed by atoms with E-state index in [4.69, 9.17) is 5.73 Å². The van der Waals surface area contributed by atoms with E-state index in [2.05, 4.69) is 4.98 Å². The zero-order valence-electron chi connectivity index (χ0n) is 8.10. The topological polar surface area (TPSA) is 63.5 Å². The summed E-state index contributed by atoms with van der Waals surface area (Å²) in [5, 5.41) is 9.74. The third-order valence-corrected chi connectivity index (χ3v) is 2.30. The Morgan fingerprint density at radius 3 is 3.13 bits per heavy atom. The summed E-state index contributed by atoms with van der Waals surface area (Å²) in [7, 11) is 0. The Kier molecular flexibility index (Phi) is 2.66. The molecule has 0 fully saturated rings. The van der Waals surface area contributed by atoms with Crippen LogP contribution in [0.3, 0.4) is 0 Å². The molecule has 2 rings (SSSR count). The maximum atomic E-state index is 13.3. The van der Waals surface area contributed by atoms with Crippen LogP contribution in [-0.2, 0) is 0 Å². The number of fused-ring (bicyclic) bond motifs is 1. The van der Waals surface area contributed by atoms with Gasteiger partial charge < -0.3 is 10.8 Å². The molecular formula is C10H12FN3O. The minimum Gasteiger partial charge on any atom is -0.387 e. The van der Waals surface area contributed by atoms with Crippen LogP contribution in [0, 0.1) is 5.82 Å². The van der Waals surface area contributed by atoms with Crippen molar-refractivity contribution in [1.29, 1.82) is 0 Å². The van der Waals surface area contributed by atoms with Crippen LogP contribution in [0.2, 0.25) is 0 Å². The maximum Gasteiger partial charge on any atom is 0.173 e. The van der Waals surface area contributed by atoms with Gasteiger partial charge in [-0.15, -0.1) is 0 Å². The molecule has 80 valence electrons. The normalized spacial score (nSPS) is 13.3. The van der Waals surface area contributed by atoms with Gasteiger partial charge in [-0.3, -0.25) is 4.40 Å². The number of aliphatic hydroxyl groups is 1. The molecule has 1 atom stereocenters. The van der Waals surface area contributed by atoms with Gasteiger partial charge in [0.05, 0.1) is 18.0 Å². The third-order valence-electron chi connectivity index (χ3n) is 2.30. The zero-order valence-corrected chi connectivity index (χ0v) is 8.10. The Hall–Kier alpha value is -1.46. The van der Waals surface area contributed by atoms with Crippen molar-refractivity contribution in [2.75, 3.05) is 6.54 Å². The monoisotopic (exact) mass is 209 g/mol. The Morgan fingerprint density at radius 2 is 2.40 bits per heavy atom. The lowest BCUT2D eigenvalue weighted by molar-refractivity contribution is 0.164. The molecule has 4 nitrogen and oxygen atoms in total. The van der Waals surface area contributed by atoms with Crippen LogP contribution in [0.4, 0.5) is 4.39 Å². The van der Waals surface area contributed by atoms with Crippen LogP contribution >= 0.6 is 0 Å². The second kappa shape index (κ2) is 3.96. The van der Waals surface area contributed by atoms with Crippen molar-refractivity contribution in [2.45, 2.75) is 12.5 Å². The first kappa shape index (κ1) is 10.1. The summed E-state index contributed by atoms with van der Waals surface area (Å²) in [6, 6.07) is 2.91. The number of rotatable bonds is 3. The third kappa shape index (κ3) is 1.71. The molecule has 5 heteroatoms. The van der Waals surface area contributed by atoms with Gasteiger partial charge in [0, 0.05) is 6.20 Å². The predicted molar refractivity (Wildman–Crippen MR) is 53.8 cm³/mol. The quantitative estimate of drug-likeness (QED) is 0.787. The molecule has 2 aromatic rings. The number of hydrogen-bond donors (Lipinski definition) is 2. The molecule has 3 N–H and O–H groups in total. The summed E-state index contributed by atoms with van der Waals surface area (Å²) in [5.41, 5.74) is 6.14. The van der Waals surface area contributed by atoms with E-state index in [-0.39, 0.29) is 5.65 Å². The summed E-state index contributed by atoms with van der Waals surface area (Å²) in [5.74, 6) is -0.399. The lowest BCUT2D eigenvalue weighted by Gasteiger charge is -2.08. The van der Waals surface area contributed by atoms with E-state index in [9.17, 15) is 9.50 Å². The molecule has 0 saturated heterocycles. The number of nitrogens with zero attached hydrogens (tertiary/aromatic N) is 2. The molecule has 2 heterocycles. The van der Waals surface area contributed by atoms with Crippen LogP contribution < -0.4 is 5.73 Å². The predicted octanol–water partition coefficient (Wildman–Crippen LogP) is 0.856. The Bertz CT molecular complexity index is 469. The van der Waals surface area contributed by atoms with Gasteiger partial charge in [-0.1, -0.05) is 0 Å². The number of nitrogens with two attached hydrogens (primary N) is 1. The summed E-state index contributed by atoms with van der Waals surface area (Å²) < 4.78 is 14.8. The lowest BCUT2D eigenvalue weighted by atomic mass is 10.2. The molecule has 1 unspecified atom stereocenters. The van der Waals surface area contributed by atoms with Crippen LogP contribution in [-0.4, -0.2) is 21.0 Å². The van der Waals surface area contributed by atoms with E-state index in [0.717, 1.165) is 0 Å². The summed E-state index contributed by atoms with van der Waals surface area (Å²) in [6.45, 7) is 0.379. The average Bonchev–Trinajstić information content (AvgIpc) is 2.63. The molecule has 0 radical (unpaired) electrons. The van der Waals surface area contributed by atoms with E-state index in [1.807, 2.05) is 0 Å². The molecule has 0 aromatic carbocycles. The van der Waals surface area contributed by atoms with E-state index in [1.54, 1.807) is 12.3 Å². The van der Waals surface area contributed by atoms with Gasteiger partial charge in [-0.2, -0.15) is 0 Å². The number of imidazole rings is 1. The number of halogens is 1. The highest BCUT2D eigenvalue weighted by Crippen LogP contribution is 2.18. The maximum absolute atomic E-state index is 13.3. The van der Waals surface area contributed by atoms with Crippen molar-refractivity contribution in [2.24, 2.45) is 5.73 Å². The molecule has 2 aromatic heterocycles. The van der Waals surface area contributed by atoms with E-state index in [0.29, 0.717) is 18.7 Å². The first-order valence-electron chi connectivity index (χ1n) is 4.73. The first-order chi connectivity index (χ1) is 7.24. The van der Waals surface area contributed by atoms with Crippen molar-refractivity contribution in [3.8, 4) is 0 Å². The van der Waals surface area contributed by atoms with Gasteiger partial charge in [-0.05, 0) is 25.1 Å². The molecule has 0 bridgehead atoms. The molecule has 0 aliphatic carbocycles. The Morgan fingerprint density at radius 1 is 1.60 bits per heavy atom. The van der Waals surface area contributed by atoms with Gasteiger partial charge in [-0.25, -0.2) is 9.37 Å². The SMILES string of the molecule is NCCC(O)c1cnc2c(F)cccn12. The largest absolute Gasteiger partial charge is 0.387 e. The molecule has 15 heavy (non-hydrogen) atoms. The molecule has 0 amide bonds. The number of aromatic nitrogens is 2. The van der Waals surface area contributed by atoms with Crippen LogP contribution in [0.1, 0.15) is 18.2 Å². The first-order valence-corrected chi connectivity index (χ1v) is 4.73. The van der Waals surface area contributed by atoms with Gasteiger partial charge in [0.2, 0.25) is 0 Å². The standard InChI is InChI=1S/C10H12FN3O/c11-7-2-1-5-14-8(6-13-10(7)14)9(15)3-4-12/h1-2,5-6,9,15H,3-4,12H2. The molecular weight excluding hydrogens is 197 g/mol. The fraction of sp³-hybridized carbons (Fsp3) is 0.300. The molecule has 0 saturated carbocycles. The number of pyridine rings is 1. The summed E-state index contributed by atoms with van der Waals surface area (Å²) in [6.07, 6.45) is 2.87. The number of hydrogen-bond acceptors (Lipinski definition) is 3. The zero-order chi connectivity index (χ0) is 10.8. The van der Waals surface area contributed by atoms with Gasteiger partial charge in [0.25, 0.3) is 0 Å². The van der Waals surface area contributed by atoms with E-state index in [1.165, 1.54) is 16.7 Å². The van der Waals surface area contributed by atoms with Crippen molar-refractivity contribution in [1.82, 2.24) is 9.38 Å². The van der Waals surface area contributed by atoms with Crippen LogP contribution in [0.25, 0.3) is 5.65 Å². The van der Waals surface area contributed by atoms with Gasteiger partial charge in [0.1, 0.15) is 0 Å². The second-order valence-electron chi connectivity index (χ2n) is 3.33. The molecule has 0 aliphatic heterocycles. The van der Waals surface area contributed by atoms with Gasteiger partial charge >= 0.3 is 0 Å². The fourth-order valence-electron chi connectivity index (χ4n) is 1.55. The van der Waals surface area contributed by atoms with Crippen LogP contribution in [0.15, 0.2) is 24.5 Å². The number of aliphatic hydroxyl groups excluding tert-OH is 1. The summed E-state index contributed by atoms with van der Waals surface area (Å²) >= 11 is 0. The molecule has 0 spiro atoms. The highest BCUT2D eigenvalue weighted by atomic mass is 19.1.